The van der Waals surface area contributed by atoms with Crippen LogP contribution >= 0.6 is 0 Å². The molecule has 2 fully saturated rings. The Kier molecular flexibility index (Phi) is 1.82. The molecule has 11 heavy (non-hydrogen) atoms. The summed E-state index contributed by atoms with van der Waals surface area (Å²) in [6.07, 6.45) is 4.96. The summed E-state index contributed by atoms with van der Waals surface area (Å²) in [6, 6.07) is 0.978. The number of piperazine rings is 1. The van der Waals surface area contributed by atoms with Crippen molar-refractivity contribution in [1.82, 2.24) is 10.6 Å². The zero-order valence-electron chi connectivity index (χ0n) is 6.60. The van der Waals surface area contributed by atoms with Gasteiger partial charge >= 0.3 is 0 Å². The quantitative estimate of drug-likeness (QED) is 0.516. The van der Waals surface area contributed by atoms with E-state index in [1.807, 2.05) is 0 Å². The first-order valence-corrected chi connectivity index (χ1v) is 4.39. The van der Waals surface area contributed by atoms with Gasteiger partial charge in [0.2, 0.25) is 5.91 Å². The van der Waals surface area contributed by atoms with Crippen LogP contribution in [0.25, 0.3) is 0 Å². The van der Waals surface area contributed by atoms with Crippen LogP contribution in [-0.4, -0.2) is 24.5 Å². The molecular formula is C8H14N2O. The zero-order valence-corrected chi connectivity index (χ0v) is 6.60. The summed E-state index contributed by atoms with van der Waals surface area (Å²) in [6.45, 7) is 0.515. The molecule has 2 unspecified atom stereocenters. The molecule has 1 amide bonds. The lowest BCUT2D eigenvalue weighted by Gasteiger charge is -2.36. The van der Waals surface area contributed by atoms with E-state index in [1.165, 1.54) is 19.3 Å². The van der Waals surface area contributed by atoms with E-state index in [2.05, 4.69) is 10.6 Å². The third kappa shape index (κ3) is 1.38. The van der Waals surface area contributed by atoms with Gasteiger partial charge in [-0.3, -0.25) is 4.79 Å². The first-order valence-electron chi connectivity index (χ1n) is 4.39. The standard InChI is InChI=1S/C8H14N2O/c11-8-5-9-6-3-1-2-4-7(6)10-8/h6-7,9H,1-5H2,(H,10,11). The molecule has 0 aromatic rings. The molecule has 62 valence electrons. The van der Waals surface area contributed by atoms with Crippen LogP contribution in [0, 0.1) is 0 Å². The Hall–Kier alpha value is -0.570. The molecular weight excluding hydrogens is 140 g/mol. The smallest absolute Gasteiger partial charge is 0.234 e. The zero-order chi connectivity index (χ0) is 7.68. The van der Waals surface area contributed by atoms with Gasteiger partial charge in [-0.05, 0) is 12.8 Å². The molecule has 1 heterocycles. The second kappa shape index (κ2) is 2.81. The lowest BCUT2D eigenvalue weighted by atomic mass is 9.89. The maximum atomic E-state index is 10.9. The number of rotatable bonds is 0. The highest BCUT2D eigenvalue weighted by Crippen LogP contribution is 2.19. The second-order valence-electron chi connectivity index (χ2n) is 3.45. The van der Waals surface area contributed by atoms with Crippen molar-refractivity contribution in [3.63, 3.8) is 0 Å². The predicted octanol–water partition coefficient (Wildman–Crippen LogP) is 0.0170. The molecule has 3 heteroatoms. The third-order valence-electron chi connectivity index (χ3n) is 2.64. The van der Waals surface area contributed by atoms with Crippen LogP contribution in [0.5, 0.6) is 0 Å². The van der Waals surface area contributed by atoms with E-state index in [0.29, 0.717) is 18.6 Å². The van der Waals surface area contributed by atoms with Crippen LogP contribution in [0.4, 0.5) is 0 Å². The van der Waals surface area contributed by atoms with Crippen molar-refractivity contribution < 1.29 is 4.79 Å². The van der Waals surface area contributed by atoms with Crippen molar-refractivity contribution in [3.05, 3.63) is 0 Å². The predicted molar refractivity (Wildman–Crippen MR) is 42.2 cm³/mol. The molecule has 2 aliphatic rings. The van der Waals surface area contributed by atoms with Crippen molar-refractivity contribution in [2.45, 2.75) is 37.8 Å². The van der Waals surface area contributed by atoms with E-state index >= 15 is 0 Å². The van der Waals surface area contributed by atoms with Crippen LogP contribution in [0.15, 0.2) is 0 Å². The fourth-order valence-electron chi connectivity index (χ4n) is 2.03. The number of fused-ring (bicyclic) bond motifs is 1. The molecule has 0 spiro atoms. The molecule has 2 rings (SSSR count). The van der Waals surface area contributed by atoms with E-state index < -0.39 is 0 Å². The van der Waals surface area contributed by atoms with Crippen LogP contribution in [0.1, 0.15) is 25.7 Å². The number of carbonyl (C=O) groups excluding carboxylic acids is 1. The topological polar surface area (TPSA) is 41.1 Å². The van der Waals surface area contributed by atoms with Crippen LogP contribution in [0.3, 0.4) is 0 Å². The van der Waals surface area contributed by atoms with Gasteiger partial charge in [0.15, 0.2) is 0 Å². The molecule has 2 atom stereocenters. The molecule has 1 aliphatic carbocycles. The van der Waals surface area contributed by atoms with Gasteiger partial charge in [0.25, 0.3) is 0 Å². The summed E-state index contributed by atoms with van der Waals surface area (Å²) in [5.41, 5.74) is 0. The SMILES string of the molecule is O=C1CNC2CCCCC2N1. The van der Waals surface area contributed by atoms with Gasteiger partial charge in [-0.15, -0.1) is 0 Å². The second-order valence-corrected chi connectivity index (χ2v) is 3.45. The number of hydrogen-bond acceptors (Lipinski definition) is 2. The summed E-state index contributed by atoms with van der Waals surface area (Å²) in [7, 11) is 0. The Morgan fingerprint density at radius 1 is 1.18 bits per heavy atom. The van der Waals surface area contributed by atoms with Crippen LogP contribution < -0.4 is 10.6 Å². The van der Waals surface area contributed by atoms with Gasteiger partial charge < -0.3 is 10.6 Å². The minimum Gasteiger partial charge on any atom is -0.351 e. The van der Waals surface area contributed by atoms with Gasteiger partial charge in [0, 0.05) is 12.1 Å². The summed E-state index contributed by atoms with van der Waals surface area (Å²) in [5, 5.41) is 6.28. The van der Waals surface area contributed by atoms with E-state index in [0.717, 1.165) is 6.42 Å². The van der Waals surface area contributed by atoms with E-state index in [1.54, 1.807) is 0 Å². The Bertz CT molecular complexity index is 169. The lowest BCUT2D eigenvalue weighted by Crippen LogP contribution is -2.59. The van der Waals surface area contributed by atoms with Crippen molar-refractivity contribution in [2.24, 2.45) is 0 Å². The lowest BCUT2D eigenvalue weighted by molar-refractivity contribution is -0.123. The summed E-state index contributed by atoms with van der Waals surface area (Å²) in [5.74, 6) is 0.160. The molecule has 0 radical (unpaired) electrons. The third-order valence-corrected chi connectivity index (χ3v) is 2.64. The Balaban J connectivity index is 1.98. The van der Waals surface area contributed by atoms with Gasteiger partial charge in [-0.2, -0.15) is 0 Å². The number of carbonyl (C=O) groups is 1. The normalized spacial score (nSPS) is 37.6. The Morgan fingerprint density at radius 3 is 2.73 bits per heavy atom. The Morgan fingerprint density at radius 2 is 1.91 bits per heavy atom. The molecule has 2 N–H and O–H groups in total. The Labute approximate surface area is 66.5 Å². The number of hydrogen-bond donors (Lipinski definition) is 2. The molecule has 0 bridgehead atoms. The van der Waals surface area contributed by atoms with Gasteiger partial charge in [0.1, 0.15) is 0 Å². The van der Waals surface area contributed by atoms with Gasteiger partial charge in [-0.1, -0.05) is 12.8 Å². The minimum atomic E-state index is 0.160. The van der Waals surface area contributed by atoms with Crippen LogP contribution in [0.2, 0.25) is 0 Å². The average molecular weight is 154 g/mol. The molecule has 3 nitrogen and oxygen atoms in total. The van der Waals surface area contributed by atoms with Crippen molar-refractivity contribution in [3.8, 4) is 0 Å². The maximum absolute atomic E-state index is 10.9. The molecule has 1 saturated heterocycles. The number of amides is 1. The van der Waals surface area contributed by atoms with Gasteiger partial charge in [-0.25, -0.2) is 0 Å². The first-order chi connectivity index (χ1) is 5.36. The summed E-state index contributed by atoms with van der Waals surface area (Å²) >= 11 is 0. The molecule has 1 saturated carbocycles. The average Bonchev–Trinajstić information content (AvgIpc) is 2.04. The summed E-state index contributed by atoms with van der Waals surface area (Å²) < 4.78 is 0. The largest absolute Gasteiger partial charge is 0.351 e. The van der Waals surface area contributed by atoms with Crippen molar-refractivity contribution >= 4 is 5.91 Å². The minimum absolute atomic E-state index is 0.160. The summed E-state index contributed by atoms with van der Waals surface area (Å²) in [4.78, 5) is 10.9. The maximum Gasteiger partial charge on any atom is 0.234 e. The van der Waals surface area contributed by atoms with Crippen molar-refractivity contribution in [2.75, 3.05) is 6.54 Å². The van der Waals surface area contributed by atoms with E-state index in [-0.39, 0.29) is 5.91 Å². The highest BCUT2D eigenvalue weighted by molar-refractivity contribution is 5.79. The molecule has 0 aromatic heterocycles. The number of nitrogens with one attached hydrogen (secondary N) is 2. The monoisotopic (exact) mass is 154 g/mol. The van der Waals surface area contributed by atoms with Crippen molar-refractivity contribution in [1.29, 1.82) is 0 Å². The fraction of sp³-hybridized carbons (Fsp3) is 0.875. The van der Waals surface area contributed by atoms with E-state index in [9.17, 15) is 4.79 Å². The molecule has 0 aromatic carbocycles. The fourth-order valence-corrected chi connectivity index (χ4v) is 2.03. The highest BCUT2D eigenvalue weighted by atomic mass is 16.2. The van der Waals surface area contributed by atoms with E-state index in [4.69, 9.17) is 0 Å². The highest BCUT2D eigenvalue weighted by Gasteiger charge is 2.29. The van der Waals surface area contributed by atoms with Crippen LogP contribution in [-0.2, 0) is 4.79 Å². The molecule has 1 aliphatic heterocycles. The first kappa shape index (κ1) is 7.10. The van der Waals surface area contributed by atoms with Gasteiger partial charge in [0.05, 0.1) is 6.54 Å².